The van der Waals surface area contributed by atoms with E-state index in [1.165, 1.54) is 0 Å². The maximum absolute atomic E-state index is 12.0. The number of nitrogens with zero attached hydrogens (tertiary/aromatic N) is 1. The largest absolute Gasteiger partial charge is 0.325 e. The van der Waals surface area contributed by atoms with Crippen molar-refractivity contribution in [3.63, 3.8) is 0 Å². The third kappa shape index (κ3) is 3.71. The SMILES string of the molecule is CSc1nc2ccc(NC(=O)[C@H](N)CC(C)C)cc2s1. The van der Waals surface area contributed by atoms with Gasteiger partial charge in [-0.3, -0.25) is 4.79 Å². The molecular formula is C14H19N3OS2. The maximum atomic E-state index is 12.0. The van der Waals surface area contributed by atoms with Crippen molar-refractivity contribution in [3.8, 4) is 0 Å². The van der Waals surface area contributed by atoms with Crippen LogP contribution in [0.25, 0.3) is 10.2 Å². The minimum absolute atomic E-state index is 0.132. The molecule has 0 aliphatic rings. The van der Waals surface area contributed by atoms with Crippen molar-refractivity contribution in [2.24, 2.45) is 11.7 Å². The average molecular weight is 309 g/mol. The second-order valence-corrected chi connectivity index (χ2v) is 7.18. The van der Waals surface area contributed by atoms with Crippen LogP contribution in [0.2, 0.25) is 0 Å². The molecule has 0 unspecified atom stereocenters. The Labute approximate surface area is 127 Å². The number of hydrogen-bond acceptors (Lipinski definition) is 5. The van der Waals surface area contributed by atoms with Crippen molar-refractivity contribution in [2.75, 3.05) is 11.6 Å². The van der Waals surface area contributed by atoms with Gasteiger partial charge in [-0.25, -0.2) is 4.98 Å². The molecule has 1 aromatic heterocycles. The van der Waals surface area contributed by atoms with Gasteiger partial charge in [0, 0.05) is 5.69 Å². The minimum Gasteiger partial charge on any atom is -0.325 e. The molecule has 20 heavy (non-hydrogen) atoms. The summed E-state index contributed by atoms with van der Waals surface area (Å²) >= 11 is 3.25. The number of anilines is 1. The first-order valence-corrected chi connectivity index (χ1v) is 8.54. The number of amides is 1. The first-order chi connectivity index (χ1) is 9.49. The smallest absolute Gasteiger partial charge is 0.241 e. The van der Waals surface area contributed by atoms with E-state index in [-0.39, 0.29) is 5.91 Å². The number of carbonyl (C=O) groups is 1. The number of nitrogens with two attached hydrogens (primary N) is 1. The molecule has 4 nitrogen and oxygen atoms in total. The van der Waals surface area contributed by atoms with Crippen LogP contribution < -0.4 is 11.1 Å². The van der Waals surface area contributed by atoms with Gasteiger partial charge in [0.1, 0.15) is 0 Å². The molecule has 0 spiro atoms. The fourth-order valence-electron chi connectivity index (χ4n) is 1.92. The van der Waals surface area contributed by atoms with Crippen molar-refractivity contribution < 1.29 is 4.79 Å². The van der Waals surface area contributed by atoms with E-state index in [9.17, 15) is 4.79 Å². The fourth-order valence-corrected chi connectivity index (χ4v) is 3.45. The van der Waals surface area contributed by atoms with E-state index >= 15 is 0 Å². The Hall–Kier alpha value is -1.11. The zero-order valence-electron chi connectivity index (χ0n) is 11.8. The van der Waals surface area contributed by atoms with Crippen LogP contribution in [0.1, 0.15) is 20.3 Å². The first-order valence-electron chi connectivity index (χ1n) is 6.50. The van der Waals surface area contributed by atoms with Gasteiger partial charge in [0.25, 0.3) is 0 Å². The van der Waals surface area contributed by atoms with Gasteiger partial charge in [0.05, 0.1) is 16.3 Å². The highest BCUT2D eigenvalue weighted by Crippen LogP contribution is 2.30. The van der Waals surface area contributed by atoms with Crippen LogP contribution in [0.5, 0.6) is 0 Å². The third-order valence-electron chi connectivity index (χ3n) is 2.87. The van der Waals surface area contributed by atoms with Crippen LogP contribution in [0.4, 0.5) is 5.69 Å². The van der Waals surface area contributed by atoms with E-state index in [1.807, 2.05) is 24.5 Å². The second kappa shape index (κ2) is 6.56. The molecule has 1 atom stereocenters. The van der Waals surface area contributed by atoms with Gasteiger partial charge >= 0.3 is 0 Å². The van der Waals surface area contributed by atoms with E-state index < -0.39 is 6.04 Å². The Morgan fingerprint density at radius 1 is 1.50 bits per heavy atom. The lowest BCUT2D eigenvalue weighted by Gasteiger charge is -2.14. The van der Waals surface area contributed by atoms with Gasteiger partial charge in [0.15, 0.2) is 4.34 Å². The summed E-state index contributed by atoms with van der Waals surface area (Å²) < 4.78 is 2.10. The van der Waals surface area contributed by atoms with Crippen molar-refractivity contribution in [1.82, 2.24) is 4.98 Å². The molecule has 6 heteroatoms. The number of hydrogen-bond donors (Lipinski definition) is 2. The standard InChI is InChI=1S/C14H19N3OS2/c1-8(2)6-10(15)13(18)16-9-4-5-11-12(7-9)20-14(17-11)19-3/h4-5,7-8,10H,6,15H2,1-3H3,(H,16,18)/t10-/m1/s1. The Morgan fingerprint density at radius 3 is 2.90 bits per heavy atom. The molecule has 1 amide bonds. The van der Waals surface area contributed by atoms with Crippen LogP contribution in [0, 0.1) is 5.92 Å². The number of rotatable bonds is 5. The number of nitrogens with one attached hydrogen (secondary N) is 1. The van der Waals surface area contributed by atoms with Crippen molar-refractivity contribution in [1.29, 1.82) is 0 Å². The summed E-state index contributed by atoms with van der Waals surface area (Å²) in [5.41, 5.74) is 7.62. The molecule has 0 aliphatic carbocycles. The molecule has 1 heterocycles. The highest BCUT2D eigenvalue weighted by atomic mass is 32.2. The zero-order chi connectivity index (χ0) is 14.7. The van der Waals surface area contributed by atoms with Crippen LogP contribution in [0.15, 0.2) is 22.5 Å². The van der Waals surface area contributed by atoms with Crippen LogP contribution >= 0.6 is 23.1 Å². The average Bonchev–Trinajstić information content (AvgIpc) is 2.80. The van der Waals surface area contributed by atoms with Gasteiger partial charge in [-0.1, -0.05) is 25.6 Å². The highest BCUT2D eigenvalue weighted by molar-refractivity contribution is 8.00. The van der Waals surface area contributed by atoms with E-state index in [1.54, 1.807) is 23.1 Å². The van der Waals surface area contributed by atoms with Crippen molar-refractivity contribution in [3.05, 3.63) is 18.2 Å². The van der Waals surface area contributed by atoms with Gasteiger partial charge in [-0.15, -0.1) is 11.3 Å². The topological polar surface area (TPSA) is 68.0 Å². The molecular weight excluding hydrogens is 290 g/mol. The normalized spacial score (nSPS) is 12.8. The van der Waals surface area contributed by atoms with E-state index in [2.05, 4.69) is 24.1 Å². The molecule has 2 rings (SSSR count). The lowest BCUT2D eigenvalue weighted by Crippen LogP contribution is -2.36. The Bertz CT molecular complexity index is 609. The summed E-state index contributed by atoms with van der Waals surface area (Å²) in [6.07, 6.45) is 2.69. The van der Waals surface area contributed by atoms with Crippen LogP contribution in [-0.4, -0.2) is 23.2 Å². The molecule has 0 saturated heterocycles. The van der Waals surface area contributed by atoms with Gasteiger partial charge in [-0.2, -0.15) is 0 Å². The predicted molar refractivity (Wildman–Crippen MR) is 87.5 cm³/mol. The number of carbonyl (C=O) groups excluding carboxylic acids is 1. The molecule has 0 bridgehead atoms. The summed E-state index contributed by atoms with van der Waals surface area (Å²) in [5.74, 6) is 0.275. The fraction of sp³-hybridized carbons (Fsp3) is 0.429. The number of benzene rings is 1. The van der Waals surface area contributed by atoms with Gasteiger partial charge < -0.3 is 11.1 Å². The number of thiazole rings is 1. The summed E-state index contributed by atoms with van der Waals surface area (Å²) in [7, 11) is 0. The van der Waals surface area contributed by atoms with Gasteiger partial charge in [0.2, 0.25) is 5.91 Å². The number of fused-ring (bicyclic) bond motifs is 1. The maximum Gasteiger partial charge on any atom is 0.241 e. The summed E-state index contributed by atoms with van der Waals surface area (Å²) in [6, 6.07) is 5.28. The third-order valence-corrected chi connectivity index (χ3v) is 4.88. The van der Waals surface area contributed by atoms with Gasteiger partial charge in [-0.05, 0) is 36.8 Å². The summed E-state index contributed by atoms with van der Waals surface area (Å²) in [5, 5.41) is 2.87. The number of thioether (sulfide) groups is 1. The Balaban J connectivity index is 2.11. The van der Waals surface area contributed by atoms with Crippen molar-refractivity contribution >= 4 is 44.9 Å². The molecule has 0 aliphatic heterocycles. The molecule has 3 N–H and O–H groups in total. The second-order valence-electron chi connectivity index (χ2n) is 5.09. The Morgan fingerprint density at radius 2 is 2.25 bits per heavy atom. The zero-order valence-corrected chi connectivity index (χ0v) is 13.5. The van der Waals surface area contributed by atoms with E-state index in [0.717, 1.165) is 20.2 Å². The summed E-state index contributed by atoms with van der Waals surface area (Å²) in [6.45, 7) is 4.11. The first kappa shape index (κ1) is 15.3. The molecule has 1 aromatic carbocycles. The molecule has 0 saturated carbocycles. The van der Waals surface area contributed by atoms with Crippen LogP contribution in [-0.2, 0) is 4.79 Å². The molecule has 2 aromatic rings. The molecule has 0 fully saturated rings. The Kier molecular flexibility index (Phi) is 5.01. The lowest BCUT2D eigenvalue weighted by molar-refractivity contribution is -0.117. The molecule has 108 valence electrons. The van der Waals surface area contributed by atoms with Crippen LogP contribution in [0.3, 0.4) is 0 Å². The number of aromatic nitrogens is 1. The lowest BCUT2D eigenvalue weighted by atomic mass is 10.0. The van der Waals surface area contributed by atoms with Crippen molar-refractivity contribution in [2.45, 2.75) is 30.6 Å². The van der Waals surface area contributed by atoms with E-state index in [4.69, 9.17) is 5.73 Å². The molecule has 0 radical (unpaired) electrons. The highest BCUT2D eigenvalue weighted by Gasteiger charge is 2.15. The monoisotopic (exact) mass is 309 g/mol. The minimum atomic E-state index is -0.464. The predicted octanol–water partition coefficient (Wildman–Crippen LogP) is 3.33. The van der Waals surface area contributed by atoms with E-state index in [0.29, 0.717) is 12.3 Å². The summed E-state index contributed by atoms with van der Waals surface area (Å²) in [4.78, 5) is 16.5. The quantitative estimate of drug-likeness (QED) is 0.831.